The molecule has 1 aromatic carbocycles. The predicted molar refractivity (Wildman–Crippen MR) is 93.9 cm³/mol. The zero-order valence-electron chi connectivity index (χ0n) is 13.3. The third-order valence-corrected chi connectivity index (χ3v) is 4.85. The van der Waals surface area contributed by atoms with Gasteiger partial charge in [-0.25, -0.2) is 4.39 Å². The number of thioether (sulfide) groups is 1. The number of rotatable bonds is 10. The average molecular weight is 346 g/mol. The van der Waals surface area contributed by atoms with Crippen LogP contribution in [0.2, 0.25) is 5.02 Å². The Bertz CT molecular complexity index is 470. The van der Waals surface area contributed by atoms with Crippen molar-refractivity contribution in [1.82, 2.24) is 5.32 Å². The first-order valence-electron chi connectivity index (χ1n) is 7.85. The molecular weight excluding hydrogens is 321 g/mol. The van der Waals surface area contributed by atoms with Crippen LogP contribution in [0.4, 0.5) is 4.39 Å². The normalized spacial score (nSPS) is 12.2. The molecule has 1 N–H and O–H groups in total. The van der Waals surface area contributed by atoms with E-state index in [0.29, 0.717) is 28.0 Å². The number of carbonyl (C=O) groups excluding carboxylic acids is 1. The summed E-state index contributed by atoms with van der Waals surface area (Å²) in [5.74, 6) is 1.10. The average Bonchev–Trinajstić information content (AvgIpc) is 2.49. The molecular formula is C17H25ClFNOS. The van der Waals surface area contributed by atoms with Crippen molar-refractivity contribution in [2.24, 2.45) is 5.92 Å². The minimum absolute atomic E-state index is 0.0225. The zero-order chi connectivity index (χ0) is 16.4. The van der Waals surface area contributed by atoms with Crippen molar-refractivity contribution in [2.75, 3.05) is 12.3 Å². The second-order valence-electron chi connectivity index (χ2n) is 5.45. The van der Waals surface area contributed by atoms with Crippen LogP contribution < -0.4 is 5.32 Å². The molecule has 0 heterocycles. The quantitative estimate of drug-likeness (QED) is 0.643. The molecule has 5 heteroatoms. The van der Waals surface area contributed by atoms with Gasteiger partial charge in [0.2, 0.25) is 5.91 Å². The summed E-state index contributed by atoms with van der Waals surface area (Å²) < 4.78 is 13.6. The van der Waals surface area contributed by atoms with Crippen LogP contribution in [0.3, 0.4) is 0 Å². The van der Waals surface area contributed by atoms with E-state index in [1.54, 1.807) is 12.1 Å². The molecule has 0 fully saturated rings. The number of hydrogen-bond donors (Lipinski definition) is 1. The second kappa shape index (κ2) is 10.9. The summed E-state index contributed by atoms with van der Waals surface area (Å²) in [5, 5.41) is 3.37. The standard InChI is InChI=1S/C17H25ClFNOS/c1-3-5-6-13(4-2)10-20-17(21)12-22-11-14-7-8-15(18)9-16(14)19/h7-9,13H,3-6,10-12H2,1-2H3,(H,20,21)/t13-/m1/s1. The van der Waals surface area contributed by atoms with Crippen molar-refractivity contribution in [3.8, 4) is 0 Å². The fraction of sp³-hybridized carbons (Fsp3) is 0.588. The van der Waals surface area contributed by atoms with Crippen LogP contribution in [-0.4, -0.2) is 18.2 Å². The largest absolute Gasteiger partial charge is 0.355 e. The molecule has 1 aromatic rings. The first kappa shape index (κ1) is 19.3. The summed E-state index contributed by atoms with van der Waals surface area (Å²) in [5.41, 5.74) is 0.580. The number of amides is 1. The minimum atomic E-state index is -0.314. The Labute approximate surface area is 142 Å². The zero-order valence-corrected chi connectivity index (χ0v) is 14.9. The highest BCUT2D eigenvalue weighted by atomic mass is 35.5. The molecule has 1 amide bonds. The van der Waals surface area contributed by atoms with Gasteiger partial charge in [-0.3, -0.25) is 4.79 Å². The van der Waals surface area contributed by atoms with E-state index in [2.05, 4.69) is 19.2 Å². The van der Waals surface area contributed by atoms with Gasteiger partial charge in [0.05, 0.1) is 5.75 Å². The van der Waals surface area contributed by atoms with E-state index in [1.807, 2.05) is 0 Å². The van der Waals surface area contributed by atoms with Gasteiger partial charge in [0.15, 0.2) is 0 Å². The Morgan fingerprint density at radius 1 is 1.41 bits per heavy atom. The van der Waals surface area contributed by atoms with Gasteiger partial charge in [0.25, 0.3) is 0 Å². The van der Waals surface area contributed by atoms with Crippen molar-refractivity contribution in [3.63, 3.8) is 0 Å². The molecule has 0 unspecified atom stereocenters. The van der Waals surface area contributed by atoms with E-state index >= 15 is 0 Å². The van der Waals surface area contributed by atoms with Crippen LogP contribution in [-0.2, 0) is 10.5 Å². The molecule has 0 aliphatic rings. The maximum Gasteiger partial charge on any atom is 0.230 e. The highest BCUT2D eigenvalue weighted by Crippen LogP contribution is 2.19. The molecule has 1 atom stereocenters. The lowest BCUT2D eigenvalue weighted by atomic mass is 9.99. The molecule has 0 aliphatic heterocycles. The molecule has 0 spiro atoms. The summed E-state index contributed by atoms with van der Waals surface area (Å²) >= 11 is 7.13. The molecule has 0 aromatic heterocycles. The van der Waals surface area contributed by atoms with Gasteiger partial charge in [0, 0.05) is 17.3 Å². The Kier molecular flexibility index (Phi) is 9.56. The van der Waals surface area contributed by atoms with E-state index in [0.717, 1.165) is 19.4 Å². The predicted octanol–water partition coefficient (Wildman–Crippen LogP) is 5.04. The van der Waals surface area contributed by atoms with Gasteiger partial charge in [-0.2, -0.15) is 0 Å². The van der Waals surface area contributed by atoms with Crippen LogP contribution in [0, 0.1) is 11.7 Å². The van der Waals surface area contributed by atoms with Crippen molar-refractivity contribution >= 4 is 29.3 Å². The number of hydrogen-bond acceptors (Lipinski definition) is 2. The summed E-state index contributed by atoms with van der Waals surface area (Å²) in [6.45, 7) is 5.08. The molecule has 1 rings (SSSR count). The Balaban J connectivity index is 2.25. The third kappa shape index (κ3) is 7.50. The Morgan fingerprint density at radius 3 is 2.82 bits per heavy atom. The molecule has 0 saturated carbocycles. The summed E-state index contributed by atoms with van der Waals surface area (Å²) in [7, 11) is 0. The van der Waals surface area contributed by atoms with Gasteiger partial charge in [0.1, 0.15) is 5.82 Å². The maximum atomic E-state index is 13.6. The van der Waals surface area contributed by atoms with Crippen molar-refractivity contribution in [1.29, 1.82) is 0 Å². The molecule has 0 bridgehead atoms. The number of unbranched alkanes of at least 4 members (excludes halogenated alkanes) is 1. The van der Waals surface area contributed by atoms with Crippen molar-refractivity contribution in [3.05, 3.63) is 34.6 Å². The molecule has 2 nitrogen and oxygen atoms in total. The Hall–Kier alpha value is -0.740. The fourth-order valence-corrected chi connectivity index (χ4v) is 3.15. The summed E-state index contributed by atoms with van der Waals surface area (Å²) in [6, 6.07) is 4.64. The topological polar surface area (TPSA) is 29.1 Å². The monoisotopic (exact) mass is 345 g/mol. The van der Waals surface area contributed by atoms with E-state index in [-0.39, 0.29) is 11.7 Å². The van der Waals surface area contributed by atoms with Crippen LogP contribution in [0.1, 0.15) is 45.1 Å². The van der Waals surface area contributed by atoms with Crippen LogP contribution in [0.15, 0.2) is 18.2 Å². The SMILES string of the molecule is CCCC[C@@H](CC)CNC(=O)CSCc1ccc(Cl)cc1F. The van der Waals surface area contributed by atoms with Crippen LogP contribution in [0.25, 0.3) is 0 Å². The molecule has 124 valence electrons. The highest BCUT2D eigenvalue weighted by Gasteiger charge is 2.09. The smallest absolute Gasteiger partial charge is 0.230 e. The lowest BCUT2D eigenvalue weighted by Crippen LogP contribution is -2.30. The van der Waals surface area contributed by atoms with Gasteiger partial charge >= 0.3 is 0 Å². The highest BCUT2D eigenvalue weighted by molar-refractivity contribution is 7.99. The van der Waals surface area contributed by atoms with E-state index in [1.165, 1.54) is 30.7 Å². The fourth-order valence-electron chi connectivity index (χ4n) is 2.14. The van der Waals surface area contributed by atoms with Gasteiger partial charge < -0.3 is 5.32 Å². The van der Waals surface area contributed by atoms with E-state index in [9.17, 15) is 9.18 Å². The van der Waals surface area contributed by atoms with E-state index < -0.39 is 0 Å². The molecule has 0 saturated heterocycles. The number of halogens is 2. The molecule has 0 radical (unpaired) electrons. The second-order valence-corrected chi connectivity index (χ2v) is 6.87. The van der Waals surface area contributed by atoms with Gasteiger partial charge in [-0.15, -0.1) is 11.8 Å². The summed E-state index contributed by atoms with van der Waals surface area (Å²) in [4.78, 5) is 11.8. The number of carbonyl (C=O) groups is 1. The maximum absolute atomic E-state index is 13.6. The Morgan fingerprint density at radius 2 is 2.18 bits per heavy atom. The third-order valence-electron chi connectivity index (χ3n) is 3.64. The first-order chi connectivity index (χ1) is 10.6. The van der Waals surface area contributed by atoms with E-state index in [4.69, 9.17) is 11.6 Å². The number of nitrogens with one attached hydrogen (secondary N) is 1. The van der Waals surface area contributed by atoms with Gasteiger partial charge in [-0.1, -0.05) is 50.8 Å². The number of benzene rings is 1. The lowest BCUT2D eigenvalue weighted by molar-refractivity contribution is -0.118. The van der Waals surface area contributed by atoms with Gasteiger partial charge in [-0.05, 0) is 30.0 Å². The first-order valence-corrected chi connectivity index (χ1v) is 9.38. The van der Waals surface area contributed by atoms with Crippen molar-refractivity contribution in [2.45, 2.75) is 45.3 Å². The van der Waals surface area contributed by atoms with Crippen LogP contribution in [0.5, 0.6) is 0 Å². The lowest BCUT2D eigenvalue weighted by Gasteiger charge is -2.15. The molecule has 22 heavy (non-hydrogen) atoms. The van der Waals surface area contributed by atoms with Crippen LogP contribution >= 0.6 is 23.4 Å². The summed E-state index contributed by atoms with van der Waals surface area (Å²) in [6.07, 6.45) is 4.64. The van der Waals surface area contributed by atoms with Crippen molar-refractivity contribution < 1.29 is 9.18 Å². The molecule has 0 aliphatic carbocycles. The minimum Gasteiger partial charge on any atom is -0.355 e.